The minimum atomic E-state index is -0.462. The van der Waals surface area contributed by atoms with Gasteiger partial charge in [-0.3, -0.25) is 9.59 Å². The van der Waals surface area contributed by atoms with Crippen molar-refractivity contribution in [2.24, 2.45) is 0 Å². The van der Waals surface area contributed by atoms with Gasteiger partial charge in [0.15, 0.2) is 0 Å². The molecule has 1 aromatic rings. The van der Waals surface area contributed by atoms with Crippen LogP contribution < -0.4 is 16.2 Å². The van der Waals surface area contributed by atoms with Crippen LogP contribution in [-0.2, 0) is 0 Å². The molecule has 0 heterocycles. The number of hydrogen-bond acceptors (Lipinski definition) is 4. The number of rotatable bonds is 2. The maximum absolute atomic E-state index is 10.8. The van der Waals surface area contributed by atoms with Crippen LogP contribution in [0.25, 0.3) is 0 Å². The van der Waals surface area contributed by atoms with E-state index in [2.05, 4.69) is 17.9 Å². The molecule has 0 bridgehead atoms. The second kappa shape index (κ2) is 2.11. The Kier molecular flexibility index (Phi) is 1.32. The van der Waals surface area contributed by atoms with Crippen molar-refractivity contribution in [2.45, 2.75) is 23.8 Å². The van der Waals surface area contributed by atoms with E-state index in [1.807, 2.05) is 0 Å². The van der Waals surface area contributed by atoms with E-state index in [0.29, 0.717) is 16.6 Å². The van der Waals surface area contributed by atoms with Gasteiger partial charge in [-0.05, 0) is 12.8 Å². The van der Waals surface area contributed by atoms with Crippen molar-refractivity contribution in [2.75, 3.05) is 5.32 Å². The summed E-state index contributed by atoms with van der Waals surface area (Å²) < 4.78 is 0. The summed E-state index contributed by atoms with van der Waals surface area (Å²) in [5, 5.41) is 2.95. The highest BCUT2D eigenvalue weighted by Gasteiger charge is 2.26. The lowest BCUT2D eigenvalue weighted by molar-refractivity contribution is 1.09. The van der Waals surface area contributed by atoms with E-state index < -0.39 is 10.9 Å². The minimum absolute atomic E-state index is 0.293. The second-order valence-corrected chi connectivity index (χ2v) is 3.25. The van der Waals surface area contributed by atoms with Gasteiger partial charge in [-0.25, -0.2) is 0 Å². The van der Waals surface area contributed by atoms with Crippen molar-refractivity contribution in [1.29, 1.82) is 0 Å². The molecule has 0 radical (unpaired) electrons. The third-order valence-corrected chi connectivity index (χ3v) is 2.24. The molecule has 0 saturated heterocycles. The van der Waals surface area contributed by atoms with Gasteiger partial charge >= 0.3 is 0 Å². The van der Waals surface area contributed by atoms with Gasteiger partial charge in [0.05, 0.1) is 4.90 Å². The summed E-state index contributed by atoms with van der Waals surface area (Å²) in [6.45, 7) is 0. The van der Waals surface area contributed by atoms with Crippen LogP contribution in [0.15, 0.2) is 14.5 Å². The van der Waals surface area contributed by atoms with Crippen LogP contribution >= 0.6 is 12.6 Å². The van der Waals surface area contributed by atoms with E-state index in [9.17, 15) is 9.59 Å². The van der Waals surface area contributed by atoms with Crippen LogP contribution in [0.5, 0.6) is 0 Å². The third-order valence-electron chi connectivity index (χ3n) is 1.81. The quantitative estimate of drug-likeness (QED) is 0.489. The van der Waals surface area contributed by atoms with Crippen molar-refractivity contribution in [1.82, 2.24) is 0 Å². The molecule has 4 heteroatoms. The SMILES string of the molecule is O=c1c(S)c(NC2CC2)c1=O. The molecule has 1 aliphatic rings. The first-order valence-electron chi connectivity index (χ1n) is 3.49. The lowest BCUT2D eigenvalue weighted by Gasteiger charge is -2.06. The number of thiol groups is 1. The average molecular weight is 169 g/mol. The molecular weight excluding hydrogens is 162 g/mol. The third kappa shape index (κ3) is 0.976. The summed E-state index contributed by atoms with van der Waals surface area (Å²) in [6.07, 6.45) is 2.18. The monoisotopic (exact) mass is 169 g/mol. The van der Waals surface area contributed by atoms with Crippen LogP contribution in [0.2, 0.25) is 0 Å². The Balaban J connectivity index is 2.25. The molecule has 1 saturated carbocycles. The Hall–Kier alpha value is -0.770. The molecule has 1 aromatic carbocycles. The van der Waals surface area contributed by atoms with Gasteiger partial charge in [0, 0.05) is 6.04 Å². The van der Waals surface area contributed by atoms with Gasteiger partial charge < -0.3 is 5.32 Å². The average Bonchev–Trinajstić information content (AvgIpc) is 2.81. The van der Waals surface area contributed by atoms with Gasteiger partial charge in [-0.15, -0.1) is 12.6 Å². The molecule has 0 aliphatic heterocycles. The highest BCUT2D eigenvalue weighted by Crippen LogP contribution is 2.25. The summed E-state index contributed by atoms with van der Waals surface area (Å²) >= 11 is 3.88. The Morgan fingerprint density at radius 3 is 2.36 bits per heavy atom. The molecular formula is C7H7NO2S. The molecule has 0 aromatic heterocycles. The highest BCUT2D eigenvalue weighted by molar-refractivity contribution is 7.80. The van der Waals surface area contributed by atoms with Crippen LogP contribution in [0, 0.1) is 0 Å². The molecule has 1 aliphatic carbocycles. The standard InChI is InChI=1S/C7H7NO2S/c9-5-4(7(11)6(5)10)8-3-1-2-3/h3,8,11H,1-2H2. The molecule has 0 atom stereocenters. The van der Waals surface area contributed by atoms with E-state index >= 15 is 0 Å². The Bertz CT molecular complexity index is 360. The predicted octanol–water partition coefficient (Wildman–Crippen LogP) is 0.146. The molecule has 0 amide bonds. The number of nitrogens with one attached hydrogen (secondary N) is 1. The van der Waals surface area contributed by atoms with E-state index in [-0.39, 0.29) is 0 Å². The fraction of sp³-hybridized carbons (Fsp3) is 0.429. The number of anilines is 1. The zero-order chi connectivity index (χ0) is 8.01. The largest absolute Gasteiger partial charge is 0.378 e. The van der Waals surface area contributed by atoms with Gasteiger partial charge in [0.2, 0.25) is 5.43 Å². The van der Waals surface area contributed by atoms with Gasteiger partial charge in [-0.1, -0.05) is 0 Å². The van der Waals surface area contributed by atoms with Crippen molar-refractivity contribution in [3.8, 4) is 0 Å². The molecule has 58 valence electrons. The maximum atomic E-state index is 10.8. The van der Waals surface area contributed by atoms with Crippen LogP contribution in [-0.4, -0.2) is 6.04 Å². The predicted molar refractivity (Wildman–Crippen MR) is 45.3 cm³/mol. The van der Waals surface area contributed by atoms with Crippen molar-refractivity contribution < 1.29 is 0 Å². The van der Waals surface area contributed by atoms with Crippen molar-refractivity contribution in [3.05, 3.63) is 20.4 Å². The van der Waals surface area contributed by atoms with Crippen LogP contribution in [0.4, 0.5) is 5.69 Å². The first-order valence-corrected chi connectivity index (χ1v) is 3.93. The van der Waals surface area contributed by atoms with Crippen molar-refractivity contribution >= 4 is 18.3 Å². The summed E-state index contributed by atoms with van der Waals surface area (Å²) in [4.78, 5) is 21.8. The van der Waals surface area contributed by atoms with Crippen LogP contribution in [0.3, 0.4) is 0 Å². The zero-order valence-corrected chi connectivity index (χ0v) is 6.65. The fourth-order valence-corrected chi connectivity index (χ4v) is 1.21. The fourth-order valence-electron chi connectivity index (χ4n) is 0.945. The summed E-state index contributed by atoms with van der Waals surface area (Å²) in [6, 6.07) is 0.407. The molecule has 2 rings (SSSR count). The molecule has 0 spiro atoms. The van der Waals surface area contributed by atoms with Crippen LogP contribution in [0.1, 0.15) is 12.8 Å². The Labute approximate surface area is 68.5 Å². The highest BCUT2D eigenvalue weighted by atomic mass is 32.1. The van der Waals surface area contributed by atoms with Gasteiger partial charge in [-0.2, -0.15) is 0 Å². The van der Waals surface area contributed by atoms with E-state index in [4.69, 9.17) is 0 Å². The summed E-state index contributed by atoms with van der Waals surface area (Å²) in [5.74, 6) is 0. The Morgan fingerprint density at radius 2 is 1.91 bits per heavy atom. The number of hydrogen-bond donors (Lipinski definition) is 2. The molecule has 0 unspecified atom stereocenters. The summed E-state index contributed by atoms with van der Waals surface area (Å²) in [5.41, 5.74) is -0.459. The lowest BCUT2D eigenvalue weighted by atomic mass is 10.2. The van der Waals surface area contributed by atoms with Gasteiger partial charge in [0.25, 0.3) is 5.43 Å². The smallest absolute Gasteiger partial charge is 0.251 e. The van der Waals surface area contributed by atoms with E-state index in [0.717, 1.165) is 12.8 Å². The first kappa shape index (κ1) is 6.91. The van der Waals surface area contributed by atoms with E-state index in [1.54, 1.807) is 0 Å². The topological polar surface area (TPSA) is 46.2 Å². The van der Waals surface area contributed by atoms with Gasteiger partial charge in [0.1, 0.15) is 5.69 Å². The Morgan fingerprint density at radius 1 is 1.27 bits per heavy atom. The van der Waals surface area contributed by atoms with Crippen molar-refractivity contribution in [3.63, 3.8) is 0 Å². The molecule has 11 heavy (non-hydrogen) atoms. The summed E-state index contributed by atoms with van der Waals surface area (Å²) in [7, 11) is 0. The molecule has 1 fully saturated rings. The zero-order valence-electron chi connectivity index (χ0n) is 5.76. The maximum Gasteiger partial charge on any atom is 0.251 e. The molecule has 3 nitrogen and oxygen atoms in total. The molecule has 1 N–H and O–H groups in total. The normalized spacial score (nSPS) is 17.2. The minimum Gasteiger partial charge on any atom is -0.378 e. The second-order valence-electron chi connectivity index (χ2n) is 2.80. The lowest BCUT2D eigenvalue weighted by Crippen LogP contribution is -2.35. The first-order chi connectivity index (χ1) is 5.20. The van der Waals surface area contributed by atoms with E-state index in [1.165, 1.54) is 0 Å².